The van der Waals surface area contributed by atoms with Gasteiger partial charge in [0.15, 0.2) is 0 Å². The zero-order valence-corrected chi connectivity index (χ0v) is 18.7. The number of hydrogen-bond donors (Lipinski definition) is 0. The molecule has 0 saturated heterocycles. The highest BCUT2D eigenvalue weighted by Crippen LogP contribution is 2.28. The Bertz CT molecular complexity index is 1180. The molecule has 31 heavy (non-hydrogen) atoms. The van der Waals surface area contributed by atoms with Crippen LogP contribution in [0.15, 0.2) is 77.8 Å². The predicted molar refractivity (Wildman–Crippen MR) is 129 cm³/mol. The summed E-state index contributed by atoms with van der Waals surface area (Å²) < 4.78 is 0. The van der Waals surface area contributed by atoms with Crippen molar-refractivity contribution in [2.45, 2.75) is 26.6 Å². The van der Waals surface area contributed by atoms with Gasteiger partial charge in [-0.2, -0.15) is 0 Å². The maximum absolute atomic E-state index is 6.52. The van der Waals surface area contributed by atoms with Crippen molar-refractivity contribution in [1.29, 1.82) is 0 Å². The van der Waals surface area contributed by atoms with Crippen molar-refractivity contribution in [3.05, 3.63) is 99.8 Å². The largest absolute Gasteiger partial charge is 0.320 e. The van der Waals surface area contributed by atoms with Crippen LogP contribution in [0.2, 0.25) is 5.02 Å². The number of nitrogens with zero attached hydrogens (tertiary/aromatic N) is 4. The van der Waals surface area contributed by atoms with Crippen molar-refractivity contribution in [2.24, 2.45) is 4.99 Å². The first-order valence-corrected chi connectivity index (χ1v) is 11.1. The van der Waals surface area contributed by atoms with Crippen molar-refractivity contribution in [3.8, 4) is 0 Å². The third kappa shape index (κ3) is 5.04. The van der Waals surface area contributed by atoms with E-state index in [1.165, 1.54) is 0 Å². The van der Waals surface area contributed by atoms with Crippen LogP contribution < -0.4 is 15.5 Å². The van der Waals surface area contributed by atoms with Crippen LogP contribution in [0.1, 0.15) is 25.2 Å². The predicted octanol–water partition coefficient (Wildman–Crippen LogP) is 4.49. The van der Waals surface area contributed by atoms with Crippen LogP contribution in [0.5, 0.6) is 0 Å². The molecule has 4 rings (SSSR count). The van der Waals surface area contributed by atoms with Gasteiger partial charge in [0.1, 0.15) is 6.17 Å². The summed E-state index contributed by atoms with van der Waals surface area (Å²) in [6.07, 6.45) is 6.04. The van der Waals surface area contributed by atoms with Gasteiger partial charge in [0.25, 0.3) is 0 Å². The second-order valence-corrected chi connectivity index (χ2v) is 7.87. The topological polar surface area (TPSA) is 31.7 Å². The molecule has 0 fully saturated rings. The summed E-state index contributed by atoms with van der Waals surface area (Å²) in [5.74, 6) is 0. The molecule has 0 saturated carbocycles. The molecule has 0 bridgehead atoms. The highest BCUT2D eigenvalue weighted by Gasteiger charge is 2.18. The SMILES string of the molecule is CCN(CC)Cc1cccc(C=C[C@@H]2N=c3ccccc3=CN2c2ccccc2Cl)n1. The standard InChI is InChI=1S/C26H27ClN4/c1-3-30(4-2)19-22-12-9-11-21(28-22)16-17-26-29-24-14-7-5-10-20(24)18-31(26)25-15-8-6-13-23(25)27/h5-18,26H,3-4,19H2,1-2H3/t26-/m1/s1. The van der Waals surface area contributed by atoms with Crippen molar-refractivity contribution >= 4 is 29.6 Å². The number of pyridine rings is 1. The average molecular weight is 431 g/mol. The number of fused-ring (bicyclic) bond motifs is 1. The smallest absolute Gasteiger partial charge is 0.145 e. The van der Waals surface area contributed by atoms with Gasteiger partial charge in [0, 0.05) is 18.0 Å². The van der Waals surface area contributed by atoms with E-state index in [4.69, 9.17) is 21.6 Å². The molecular formula is C26H27ClN4. The summed E-state index contributed by atoms with van der Waals surface area (Å²) in [4.78, 5) is 14.3. The Morgan fingerprint density at radius 2 is 1.74 bits per heavy atom. The van der Waals surface area contributed by atoms with E-state index in [1.54, 1.807) is 0 Å². The van der Waals surface area contributed by atoms with E-state index in [2.05, 4.69) is 54.1 Å². The van der Waals surface area contributed by atoms with Gasteiger partial charge < -0.3 is 4.90 Å². The van der Waals surface area contributed by atoms with Gasteiger partial charge >= 0.3 is 0 Å². The Balaban J connectivity index is 1.66. The summed E-state index contributed by atoms with van der Waals surface area (Å²) in [7, 11) is 0. The van der Waals surface area contributed by atoms with E-state index in [0.29, 0.717) is 5.02 Å². The van der Waals surface area contributed by atoms with Crippen molar-refractivity contribution in [2.75, 3.05) is 18.0 Å². The fourth-order valence-electron chi connectivity index (χ4n) is 3.69. The van der Waals surface area contributed by atoms with E-state index in [9.17, 15) is 0 Å². The molecule has 158 valence electrons. The summed E-state index contributed by atoms with van der Waals surface area (Å²) in [6.45, 7) is 7.24. The van der Waals surface area contributed by atoms with Gasteiger partial charge in [-0.05, 0) is 55.6 Å². The number of rotatable bonds is 7. The van der Waals surface area contributed by atoms with E-state index in [-0.39, 0.29) is 6.17 Å². The van der Waals surface area contributed by atoms with E-state index in [1.807, 2.05) is 54.6 Å². The summed E-state index contributed by atoms with van der Waals surface area (Å²) >= 11 is 6.52. The maximum atomic E-state index is 6.52. The van der Waals surface area contributed by atoms with Crippen molar-refractivity contribution < 1.29 is 0 Å². The van der Waals surface area contributed by atoms with Crippen LogP contribution in [0.3, 0.4) is 0 Å². The Morgan fingerprint density at radius 1 is 0.968 bits per heavy atom. The Morgan fingerprint density at radius 3 is 2.55 bits per heavy atom. The number of aromatic nitrogens is 1. The minimum Gasteiger partial charge on any atom is -0.320 e. The molecular weight excluding hydrogens is 404 g/mol. The van der Waals surface area contributed by atoms with Gasteiger partial charge in [-0.15, -0.1) is 0 Å². The lowest BCUT2D eigenvalue weighted by Gasteiger charge is -2.28. The fourth-order valence-corrected chi connectivity index (χ4v) is 3.93. The molecule has 2 heterocycles. The molecule has 1 atom stereocenters. The fraction of sp³-hybridized carbons (Fsp3) is 0.231. The monoisotopic (exact) mass is 430 g/mol. The Hall–Kier alpha value is -2.95. The molecule has 0 N–H and O–H groups in total. The quantitative estimate of drug-likeness (QED) is 0.553. The number of hydrogen-bond acceptors (Lipinski definition) is 4. The molecule has 0 spiro atoms. The minimum atomic E-state index is -0.206. The summed E-state index contributed by atoms with van der Waals surface area (Å²) in [5, 5.41) is 2.75. The molecule has 5 heteroatoms. The Labute approximate surface area is 188 Å². The Kier molecular flexibility index (Phi) is 6.80. The molecule has 1 aliphatic heterocycles. The number of anilines is 1. The van der Waals surface area contributed by atoms with Gasteiger partial charge in [-0.25, -0.2) is 0 Å². The maximum Gasteiger partial charge on any atom is 0.145 e. The third-order valence-corrected chi connectivity index (χ3v) is 5.77. The molecule has 0 radical (unpaired) electrons. The van der Waals surface area contributed by atoms with Crippen LogP contribution in [0.25, 0.3) is 12.3 Å². The summed E-state index contributed by atoms with van der Waals surface area (Å²) in [5.41, 5.74) is 2.93. The van der Waals surface area contributed by atoms with Crippen molar-refractivity contribution in [1.82, 2.24) is 9.88 Å². The lowest BCUT2D eigenvalue weighted by Crippen LogP contribution is -2.41. The normalized spacial score (nSPS) is 15.6. The van der Waals surface area contributed by atoms with Crippen molar-refractivity contribution in [3.63, 3.8) is 0 Å². The second kappa shape index (κ2) is 9.90. The zero-order chi connectivity index (χ0) is 21.6. The molecule has 0 amide bonds. The highest BCUT2D eigenvalue weighted by molar-refractivity contribution is 6.33. The van der Waals surface area contributed by atoms with E-state index in [0.717, 1.165) is 47.3 Å². The highest BCUT2D eigenvalue weighted by atomic mass is 35.5. The lowest BCUT2D eigenvalue weighted by atomic mass is 10.2. The molecule has 1 aromatic heterocycles. The van der Waals surface area contributed by atoms with Crippen LogP contribution in [0, 0.1) is 0 Å². The van der Waals surface area contributed by atoms with E-state index >= 15 is 0 Å². The molecule has 0 aliphatic carbocycles. The molecule has 2 aromatic carbocycles. The first kappa shape index (κ1) is 21.3. The van der Waals surface area contributed by atoms with Crippen LogP contribution in [-0.2, 0) is 6.54 Å². The van der Waals surface area contributed by atoms with Crippen LogP contribution in [-0.4, -0.2) is 29.1 Å². The first-order chi connectivity index (χ1) is 15.2. The number of benzene rings is 2. The van der Waals surface area contributed by atoms with Gasteiger partial charge in [0.2, 0.25) is 0 Å². The number of para-hydroxylation sites is 2. The molecule has 3 aromatic rings. The minimum absolute atomic E-state index is 0.206. The zero-order valence-electron chi connectivity index (χ0n) is 17.9. The molecule has 4 nitrogen and oxygen atoms in total. The molecule has 0 unspecified atom stereocenters. The van der Waals surface area contributed by atoms with Gasteiger partial charge in [0.05, 0.1) is 27.5 Å². The third-order valence-electron chi connectivity index (χ3n) is 5.45. The van der Waals surface area contributed by atoms with Gasteiger partial charge in [-0.3, -0.25) is 14.9 Å². The van der Waals surface area contributed by atoms with E-state index < -0.39 is 0 Å². The van der Waals surface area contributed by atoms with Crippen LogP contribution in [0.4, 0.5) is 5.69 Å². The second-order valence-electron chi connectivity index (χ2n) is 7.46. The summed E-state index contributed by atoms with van der Waals surface area (Å²) in [6, 6.07) is 22.2. The van der Waals surface area contributed by atoms with Crippen LogP contribution >= 0.6 is 11.6 Å². The average Bonchev–Trinajstić information content (AvgIpc) is 2.81. The first-order valence-electron chi connectivity index (χ1n) is 10.7. The number of halogens is 1. The molecule has 1 aliphatic rings. The van der Waals surface area contributed by atoms with Gasteiger partial charge in [-0.1, -0.05) is 61.8 Å². The lowest BCUT2D eigenvalue weighted by molar-refractivity contribution is 0.292.